The third kappa shape index (κ3) is 2.15. The molecule has 1 fully saturated rings. The predicted molar refractivity (Wildman–Crippen MR) is 59.0 cm³/mol. The highest BCUT2D eigenvalue weighted by molar-refractivity contribution is 6.30. The van der Waals surface area contributed by atoms with Gasteiger partial charge in [-0.2, -0.15) is 0 Å². The quantitative estimate of drug-likeness (QED) is 0.857. The Balaban J connectivity index is 2.05. The zero-order valence-corrected chi connectivity index (χ0v) is 9.29. The topological polar surface area (TPSA) is 37.3 Å². The van der Waals surface area contributed by atoms with Gasteiger partial charge in [-0.05, 0) is 36.0 Å². The lowest BCUT2D eigenvalue weighted by Crippen LogP contribution is -2.09. The van der Waals surface area contributed by atoms with Crippen LogP contribution in [0.2, 0.25) is 5.02 Å². The summed E-state index contributed by atoms with van der Waals surface area (Å²) in [6.07, 6.45) is 1.60. The minimum absolute atomic E-state index is 0.0559. The predicted octanol–water partition coefficient (Wildman–Crippen LogP) is 2.99. The maximum atomic E-state index is 10.8. The maximum absolute atomic E-state index is 10.8. The molecule has 15 heavy (non-hydrogen) atoms. The average molecular weight is 225 g/mol. The van der Waals surface area contributed by atoms with Crippen LogP contribution >= 0.6 is 11.6 Å². The first-order chi connectivity index (χ1) is 7.01. The van der Waals surface area contributed by atoms with Crippen molar-refractivity contribution in [2.45, 2.75) is 19.8 Å². The van der Waals surface area contributed by atoms with E-state index in [2.05, 4.69) is 0 Å². The monoisotopic (exact) mass is 224 g/mol. The molecule has 80 valence electrons. The molecule has 3 heteroatoms. The van der Waals surface area contributed by atoms with E-state index in [-0.39, 0.29) is 11.3 Å². The Morgan fingerprint density at radius 2 is 2.13 bits per heavy atom. The first-order valence-electron chi connectivity index (χ1n) is 4.98. The molecule has 1 saturated carbocycles. The molecule has 0 spiro atoms. The maximum Gasteiger partial charge on any atom is 0.307 e. The molecule has 0 aromatic heterocycles. The van der Waals surface area contributed by atoms with E-state index in [1.54, 1.807) is 0 Å². The molecule has 2 nitrogen and oxygen atoms in total. The number of aliphatic carboxylic acids is 1. The van der Waals surface area contributed by atoms with Crippen molar-refractivity contribution in [1.82, 2.24) is 0 Å². The van der Waals surface area contributed by atoms with Crippen LogP contribution in [0.1, 0.15) is 18.9 Å². The molecule has 0 bridgehead atoms. The van der Waals surface area contributed by atoms with Crippen molar-refractivity contribution in [3.63, 3.8) is 0 Å². The van der Waals surface area contributed by atoms with Crippen molar-refractivity contribution >= 4 is 17.6 Å². The second-order valence-electron chi connectivity index (χ2n) is 4.55. The first-order valence-corrected chi connectivity index (χ1v) is 5.36. The zero-order valence-electron chi connectivity index (χ0n) is 8.53. The molecule has 0 saturated heterocycles. The molecule has 1 N–H and O–H groups in total. The van der Waals surface area contributed by atoms with Crippen molar-refractivity contribution in [3.8, 4) is 0 Å². The molecule has 0 aliphatic heterocycles. The van der Waals surface area contributed by atoms with Gasteiger partial charge in [0.15, 0.2) is 0 Å². The molecule has 1 aliphatic rings. The van der Waals surface area contributed by atoms with Gasteiger partial charge in [-0.15, -0.1) is 0 Å². The highest BCUT2D eigenvalue weighted by atomic mass is 35.5. The van der Waals surface area contributed by atoms with E-state index in [9.17, 15) is 4.79 Å². The van der Waals surface area contributed by atoms with E-state index in [0.717, 1.165) is 23.4 Å². The lowest BCUT2D eigenvalue weighted by Gasteiger charge is -2.09. The molecule has 2 atom stereocenters. The third-order valence-corrected chi connectivity index (χ3v) is 3.42. The fraction of sp³-hybridized carbons (Fsp3) is 0.417. The minimum Gasteiger partial charge on any atom is -0.481 e. The number of hydrogen-bond acceptors (Lipinski definition) is 1. The number of halogens is 1. The fourth-order valence-corrected chi connectivity index (χ4v) is 2.18. The van der Waals surface area contributed by atoms with E-state index >= 15 is 0 Å². The molecule has 1 aromatic carbocycles. The van der Waals surface area contributed by atoms with E-state index in [1.807, 2.05) is 31.2 Å². The van der Waals surface area contributed by atoms with Crippen molar-refractivity contribution in [2.24, 2.45) is 11.3 Å². The molecule has 0 heterocycles. The van der Waals surface area contributed by atoms with Crippen LogP contribution in [-0.2, 0) is 11.2 Å². The van der Waals surface area contributed by atoms with Gasteiger partial charge < -0.3 is 5.11 Å². The normalized spacial score (nSPS) is 28.8. The van der Waals surface area contributed by atoms with Gasteiger partial charge in [-0.25, -0.2) is 0 Å². The van der Waals surface area contributed by atoms with Gasteiger partial charge in [-0.1, -0.05) is 30.7 Å². The Morgan fingerprint density at radius 1 is 1.53 bits per heavy atom. The standard InChI is InChI=1S/C12H13ClO2/c1-12(7-10(12)11(14)15)6-8-2-4-9(13)5-3-8/h2-5,10H,6-7H2,1H3,(H,14,15). The van der Waals surface area contributed by atoms with Crippen molar-refractivity contribution < 1.29 is 9.90 Å². The summed E-state index contributed by atoms with van der Waals surface area (Å²) in [7, 11) is 0. The zero-order chi connectivity index (χ0) is 11.1. The summed E-state index contributed by atoms with van der Waals surface area (Å²) in [5, 5.41) is 9.61. The van der Waals surface area contributed by atoms with Crippen molar-refractivity contribution in [1.29, 1.82) is 0 Å². The van der Waals surface area contributed by atoms with E-state index in [0.29, 0.717) is 0 Å². The number of rotatable bonds is 3. The largest absolute Gasteiger partial charge is 0.481 e. The molecule has 0 radical (unpaired) electrons. The summed E-state index contributed by atoms with van der Waals surface area (Å²) in [5.41, 5.74) is 1.10. The van der Waals surface area contributed by atoms with Crippen LogP contribution in [0.25, 0.3) is 0 Å². The fourth-order valence-electron chi connectivity index (χ4n) is 2.06. The summed E-state index contributed by atoms with van der Waals surface area (Å²) < 4.78 is 0. The summed E-state index contributed by atoms with van der Waals surface area (Å²) in [4.78, 5) is 10.8. The Bertz CT molecular complexity index is 385. The SMILES string of the molecule is CC1(Cc2ccc(Cl)cc2)CC1C(=O)O. The van der Waals surface area contributed by atoms with Crippen LogP contribution in [0, 0.1) is 11.3 Å². The lowest BCUT2D eigenvalue weighted by atomic mass is 9.96. The number of benzene rings is 1. The number of carbonyl (C=O) groups is 1. The highest BCUT2D eigenvalue weighted by Crippen LogP contribution is 2.54. The summed E-state index contributed by atoms with van der Waals surface area (Å²) in [6.45, 7) is 2.03. The van der Waals surface area contributed by atoms with Crippen LogP contribution in [0.15, 0.2) is 24.3 Å². The number of carboxylic acids is 1. The summed E-state index contributed by atoms with van der Waals surface area (Å²) in [5.74, 6) is -0.848. The van der Waals surface area contributed by atoms with E-state index in [1.165, 1.54) is 0 Å². The van der Waals surface area contributed by atoms with Gasteiger partial charge in [0.25, 0.3) is 0 Å². The van der Waals surface area contributed by atoms with E-state index in [4.69, 9.17) is 16.7 Å². The molecular weight excluding hydrogens is 212 g/mol. The van der Waals surface area contributed by atoms with Gasteiger partial charge in [0, 0.05) is 5.02 Å². The lowest BCUT2D eigenvalue weighted by molar-refractivity contribution is -0.139. The van der Waals surface area contributed by atoms with Crippen LogP contribution in [0.3, 0.4) is 0 Å². The Kier molecular flexibility index (Phi) is 2.47. The number of carboxylic acid groups (broad SMARTS) is 1. The molecular formula is C12H13ClO2. The van der Waals surface area contributed by atoms with Crippen LogP contribution in [0.5, 0.6) is 0 Å². The second-order valence-corrected chi connectivity index (χ2v) is 4.99. The summed E-state index contributed by atoms with van der Waals surface area (Å²) >= 11 is 5.78. The van der Waals surface area contributed by atoms with Crippen LogP contribution < -0.4 is 0 Å². The average Bonchev–Trinajstić information content (AvgIpc) is 2.83. The third-order valence-electron chi connectivity index (χ3n) is 3.17. The van der Waals surface area contributed by atoms with Gasteiger partial charge in [0.2, 0.25) is 0 Å². The smallest absolute Gasteiger partial charge is 0.307 e. The van der Waals surface area contributed by atoms with Crippen LogP contribution in [-0.4, -0.2) is 11.1 Å². The Hall–Kier alpha value is -1.02. The molecule has 1 aromatic rings. The first kappa shape index (κ1) is 10.5. The second kappa shape index (κ2) is 3.53. The van der Waals surface area contributed by atoms with Gasteiger partial charge in [0.05, 0.1) is 5.92 Å². The van der Waals surface area contributed by atoms with Gasteiger partial charge in [-0.3, -0.25) is 4.79 Å². The van der Waals surface area contributed by atoms with Crippen molar-refractivity contribution in [2.75, 3.05) is 0 Å². The summed E-state index contributed by atoms with van der Waals surface area (Å²) in [6, 6.07) is 7.62. The molecule has 0 amide bonds. The molecule has 2 rings (SSSR count). The van der Waals surface area contributed by atoms with Crippen LogP contribution in [0.4, 0.5) is 0 Å². The van der Waals surface area contributed by atoms with Crippen molar-refractivity contribution in [3.05, 3.63) is 34.9 Å². The highest BCUT2D eigenvalue weighted by Gasteiger charge is 2.54. The Labute approximate surface area is 93.9 Å². The number of hydrogen-bond donors (Lipinski definition) is 1. The van der Waals surface area contributed by atoms with Gasteiger partial charge in [0.1, 0.15) is 0 Å². The molecule has 2 unspecified atom stereocenters. The Morgan fingerprint density at radius 3 is 2.60 bits per heavy atom. The van der Waals surface area contributed by atoms with Gasteiger partial charge >= 0.3 is 5.97 Å². The molecule has 1 aliphatic carbocycles. The van der Waals surface area contributed by atoms with E-state index < -0.39 is 5.97 Å². The minimum atomic E-state index is -0.675.